The lowest BCUT2D eigenvalue weighted by Crippen LogP contribution is -2.11. The van der Waals surface area contributed by atoms with E-state index in [1.54, 1.807) is 6.20 Å². The summed E-state index contributed by atoms with van der Waals surface area (Å²) in [6, 6.07) is 2.23. The van der Waals surface area contributed by atoms with Crippen LogP contribution in [0.4, 0.5) is 5.82 Å². The average molecular weight is 312 g/mol. The summed E-state index contributed by atoms with van der Waals surface area (Å²) in [4.78, 5) is 4.51. The topological polar surface area (TPSA) is 60.0 Å². The van der Waals surface area contributed by atoms with Gasteiger partial charge in [0.2, 0.25) is 0 Å². The molecule has 1 N–H and O–H groups in total. The molecule has 0 spiro atoms. The first-order valence-electron chi connectivity index (χ1n) is 7.87. The number of fused-ring (bicyclic) bond motifs is 1. The Morgan fingerprint density at radius 3 is 2.57 bits per heavy atom. The summed E-state index contributed by atoms with van der Waals surface area (Å²) in [6.45, 7) is 10.6. The number of hydrogen-bond acceptors (Lipinski definition) is 4. The van der Waals surface area contributed by atoms with Crippen molar-refractivity contribution in [3.63, 3.8) is 0 Å². The summed E-state index contributed by atoms with van der Waals surface area (Å²) in [7, 11) is 1.94. The van der Waals surface area contributed by atoms with E-state index in [4.69, 9.17) is 0 Å². The van der Waals surface area contributed by atoms with Crippen molar-refractivity contribution in [2.24, 2.45) is 7.05 Å². The normalized spacial score (nSPS) is 13.5. The maximum atomic E-state index is 4.67. The summed E-state index contributed by atoms with van der Waals surface area (Å²) < 4.78 is 3.73. The molecule has 23 heavy (non-hydrogen) atoms. The molecule has 3 aromatic heterocycles. The molecular weight excluding hydrogens is 288 g/mol. The van der Waals surface area contributed by atoms with Gasteiger partial charge in [-0.3, -0.25) is 4.68 Å². The SMILES string of the molecule is Cc1nn(C)cc1C(C)Nc1nccn2nc(C(C)(C)C)cc12. The van der Waals surface area contributed by atoms with E-state index in [0.717, 1.165) is 22.7 Å². The van der Waals surface area contributed by atoms with Crippen molar-refractivity contribution >= 4 is 11.3 Å². The third-order valence-corrected chi connectivity index (χ3v) is 4.03. The number of aryl methyl sites for hydroxylation is 2. The first-order chi connectivity index (χ1) is 10.8. The van der Waals surface area contributed by atoms with Crippen LogP contribution < -0.4 is 5.32 Å². The molecule has 0 saturated carbocycles. The number of aromatic nitrogens is 5. The van der Waals surface area contributed by atoms with Crippen LogP contribution in [0.3, 0.4) is 0 Å². The highest BCUT2D eigenvalue weighted by molar-refractivity contribution is 5.68. The molecule has 122 valence electrons. The van der Waals surface area contributed by atoms with Crippen molar-refractivity contribution in [3.05, 3.63) is 41.6 Å². The summed E-state index contributed by atoms with van der Waals surface area (Å²) in [5.41, 5.74) is 4.26. The van der Waals surface area contributed by atoms with Crippen molar-refractivity contribution in [1.29, 1.82) is 0 Å². The summed E-state index contributed by atoms with van der Waals surface area (Å²) in [5.74, 6) is 0.839. The summed E-state index contributed by atoms with van der Waals surface area (Å²) in [6.07, 6.45) is 5.71. The molecule has 0 amide bonds. The van der Waals surface area contributed by atoms with Gasteiger partial charge in [-0.05, 0) is 19.9 Å². The summed E-state index contributed by atoms with van der Waals surface area (Å²) >= 11 is 0. The van der Waals surface area contributed by atoms with Gasteiger partial charge in [-0.1, -0.05) is 20.8 Å². The van der Waals surface area contributed by atoms with Crippen LogP contribution in [0.1, 0.15) is 50.7 Å². The number of anilines is 1. The van der Waals surface area contributed by atoms with Gasteiger partial charge in [0, 0.05) is 36.6 Å². The van der Waals surface area contributed by atoms with Gasteiger partial charge in [-0.25, -0.2) is 9.50 Å². The average Bonchev–Trinajstić information content (AvgIpc) is 3.02. The first-order valence-corrected chi connectivity index (χ1v) is 7.87. The van der Waals surface area contributed by atoms with Crippen molar-refractivity contribution in [3.8, 4) is 0 Å². The van der Waals surface area contributed by atoms with E-state index in [0.29, 0.717) is 0 Å². The second-order valence-electron chi connectivity index (χ2n) is 7.09. The van der Waals surface area contributed by atoms with Crippen LogP contribution in [0, 0.1) is 6.92 Å². The minimum atomic E-state index is 0.00877. The minimum Gasteiger partial charge on any atom is -0.362 e. The van der Waals surface area contributed by atoms with Crippen LogP contribution in [0.15, 0.2) is 24.7 Å². The molecule has 0 saturated heterocycles. The van der Waals surface area contributed by atoms with Crippen LogP contribution in [0.5, 0.6) is 0 Å². The fourth-order valence-corrected chi connectivity index (χ4v) is 2.73. The van der Waals surface area contributed by atoms with E-state index in [2.05, 4.69) is 54.3 Å². The molecule has 0 aliphatic carbocycles. The Labute approximate surface area is 136 Å². The summed E-state index contributed by atoms with van der Waals surface area (Å²) in [5, 5.41) is 12.6. The molecule has 6 nitrogen and oxygen atoms in total. The third-order valence-electron chi connectivity index (χ3n) is 4.03. The van der Waals surface area contributed by atoms with Gasteiger partial charge in [-0.2, -0.15) is 10.2 Å². The standard InChI is InChI=1S/C17H24N6/c1-11(13-10-22(6)20-12(13)2)19-16-14-9-15(17(3,4)5)21-23(14)8-7-18-16/h7-11H,1-6H3,(H,18,19). The second kappa shape index (κ2) is 5.37. The van der Waals surface area contributed by atoms with E-state index >= 15 is 0 Å². The highest BCUT2D eigenvalue weighted by Crippen LogP contribution is 2.27. The van der Waals surface area contributed by atoms with Gasteiger partial charge in [0.05, 0.1) is 17.4 Å². The second-order valence-corrected chi connectivity index (χ2v) is 7.09. The predicted molar refractivity (Wildman–Crippen MR) is 91.7 cm³/mol. The largest absolute Gasteiger partial charge is 0.362 e. The zero-order valence-corrected chi connectivity index (χ0v) is 14.6. The molecular formula is C17H24N6. The quantitative estimate of drug-likeness (QED) is 0.806. The number of nitrogens with one attached hydrogen (secondary N) is 1. The fraction of sp³-hybridized carbons (Fsp3) is 0.471. The Morgan fingerprint density at radius 1 is 1.22 bits per heavy atom. The molecule has 0 radical (unpaired) electrons. The minimum absolute atomic E-state index is 0.00877. The maximum absolute atomic E-state index is 4.67. The fourth-order valence-electron chi connectivity index (χ4n) is 2.73. The smallest absolute Gasteiger partial charge is 0.152 e. The highest BCUT2D eigenvalue weighted by atomic mass is 15.3. The molecule has 3 heterocycles. The molecule has 0 fully saturated rings. The molecule has 0 bridgehead atoms. The molecule has 1 atom stereocenters. The van der Waals surface area contributed by atoms with E-state index in [1.807, 2.05) is 35.6 Å². The zero-order valence-electron chi connectivity index (χ0n) is 14.6. The van der Waals surface area contributed by atoms with Crippen molar-refractivity contribution in [2.45, 2.75) is 46.1 Å². The molecule has 3 rings (SSSR count). The Morgan fingerprint density at radius 2 is 1.96 bits per heavy atom. The van der Waals surface area contributed by atoms with Crippen molar-refractivity contribution < 1.29 is 0 Å². The molecule has 3 aromatic rings. The molecule has 6 heteroatoms. The monoisotopic (exact) mass is 312 g/mol. The molecule has 0 aliphatic rings. The number of rotatable bonds is 3. The lowest BCUT2D eigenvalue weighted by molar-refractivity contribution is 0.562. The molecule has 0 aromatic carbocycles. The van der Waals surface area contributed by atoms with E-state index < -0.39 is 0 Å². The first kappa shape index (κ1) is 15.5. The Kier molecular flexibility index (Phi) is 3.62. The number of hydrogen-bond donors (Lipinski definition) is 1. The van der Waals surface area contributed by atoms with E-state index in [-0.39, 0.29) is 11.5 Å². The Bertz CT molecular complexity index is 837. The van der Waals surface area contributed by atoms with Gasteiger partial charge < -0.3 is 5.32 Å². The van der Waals surface area contributed by atoms with Crippen LogP contribution >= 0.6 is 0 Å². The molecule has 0 aliphatic heterocycles. The van der Waals surface area contributed by atoms with Gasteiger partial charge in [-0.15, -0.1) is 0 Å². The Balaban J connectivity index is 1.97. The number of nitrogens with zero attached hydrogens (tertiary/aromatic N) is 5. The third kappa shape index (κ3) is 2.93. The van der Waals surface area contributed by atoms with Crippen molar-refractivity contribution in [2.75, 3.05) is 5.32 Å². The van der Waals surface area contributed by atoms with Crippen LogP contribution in [-0.2, 0) is 12.5 Å². The molecule has 1 unspecified atom stereocenters. The van der Waals surface area contributed by atoms with Crippen LogP contribution in [-0.4, -0.2) is 24.4 Å². The highest BCUT2D eigenvalue weighted by Gasteiger charge is 2.20. The van der Waals surface area contributed by atoms with Crippen molar-refractivity contribution in [1.82, 2.24) is 24.4 Å². The Hall–Kier alpha value is -2.37. The van der Waals surface area contributed by atoms with Gasteiger partial charge in [0.15, 0.2) is 5.82 Å². The van der Waals surface area contributed by atoms with E-state index in [1.165, 1.54) is 5.56 Å². The van der Waals surface area contributed by atoms with Gasteiger partial charge in [0.25, 0.3) is 0 Å². The van der Waals surface area contributed by atoms with E-state index in [9.17, 15) is 0 Å². The predicted octanol–water partition coefficient (Wildman–Crippen LogP) is 3.24. The maximum Gasteiger partial charge on any atom is 0.152 e. The van der Waals surface area contributed by atoms with Gasteiger partial charge >= 0.3 is 0 Å². The van der Waals surface area contributed by atoms with Crippen LogP contribution in [0.2, 0.25) is 0 Å². The lowest BCUT2D eigenvalue weighted by atomic mass is 9.92. The zero-order chi connectivity index (χ0) is 16.8. The van der Waals surface area contributed by atoms with Crippen LogP contribution in [0.25, 0.3) is 5.52 Å². The lowest BCUT2D eigenvalue weighted by Gasteiger charge is -2.14. The van der Waals surface area contributed by atoms with Gasteiger partial charge in [0.1, 0.15) is 5.52 Å².